The first kappa shape index (κ1) is 14.0. The van der Waals surface area contributed by atoms with Crippen LogP contribution in [0.1, 0.15) is 29.9 Å². The molecule has 0 atom stereocenters. The van der Waals surface area contributed by atoms with Crippen LogP contribution >= 0.6 is 0 Å². The second-order valence-electron chi connectivity index (χ2n) is 4.18. The van der Waals surface area contributed by atoms with Gasteiger partial charge in [-0.05, 0) is 31.0 Å². The monoisotopic (exact) mass is 271 g/mol. The lowest BCUT2D eigenvalue weighted by Gasteiger charge is -2.06. The van der Waals surface area contributed by atoms with Crippen molar-refractivity contribution in [3.8, 4) is 5.88 Å². The van der Waals surface area contributed by atoms with E-state index in [2.05, 4.69) is 22.2 Å². The Kier molecular flexibility index (Phi) is 4.65. The van der Waals surface area contributed by atoms with Gasteiger partial charge in [0.25, 0.3) is 5.91 Å². The van der Waals surface area contributed by atoms with E-state index < -0.39 is 0 Å². The molecule has 104 valence electrons. The molecular formula is C15H17N3O2. The molecular weight excluding hydrogens is 254 g/mol. The van der Waals surface area contributed by atoms with Crippen LogP contribution in [0.4, 0.5) is 5.69 Å². The smallest absolute Gasteiger partial charge is 0.274 e. The van der Waals surface area contributed by atoms with Gasteiger partial charge in [0.1, 0.15) is 12.0 Å². The van der Waals surface area contributed by atoms with E-state index in [0.29, 0.717) is 12.5 Å². The number of aromatic nitrogens is 2. The average molecular weight is 271 g/mol. The third-order valence-corrected chi connectivity index (χ3v) is 2.79. The first-order valence-electron chi connectivity index (χ1n) is 6.58. The molecule has 0 radical (unpaired) electrons. The zero-order valence-corrected chi connectivity index (χ0v) is 11.6. The fourth-order valence-electron chi connectivity index (χ4n) is 1.71. The molecule has 2 rings (SSSR count). The Morgan fingerprint density at radius 1 is 1.20 bits per heavy atom. The molecule has 5 heteroatoms. The van der Waals surface area contributed by atoms with Gasteiger partial charge in [0.15, 0.2) is 0 Å². The van der Waals surface area contributed by atoms with Crippen LogP contribution in [0.2, 0.25) is 0 Å². The lowest BCUT2D eigenvalue weighted by atomic mass is 10.1. The first-order chi connectivity index (χ1) is 9.72. The number of nitrogens with one attached hydrogen (secondary N) is 1. The van der Waals surface area contributed by atoms with Crippen molar-refractivity contribution in [1.82, 2.24) is 9.97 Å². The normalized spacial score (nSPS) is 10.1. The Bertz CT molecular complexity index is 582. The molecule has 0 saturated heterocycles. The molecule has 0 aliphatic heterocycles. The van der Waals surface area contributed by atoms with Crippen molar-refractivity contribution in [1.29, 1.82) is 0 Å². The van der Waals surface area contributed by atoms with Crippen molar-refractivity contribution >= 4 is 11.6 Å². The largest absolute Gasteiger partial charge is 0.478 e. The summed E-state index contributed by atoms with van der Waals surface area (Å²) in [5.41, 5.74) is 2.25. The van der Waals surface area contributed by atoms with Crippen LogP contribution in [0.3, 0.4) is 0 Å². The standard InChI is InChI=1S/C15H17N3O2/c1-3-11-5-7-12(8-6-11)18-15(19)13-9-14(20-4-2)17-10-16-13/h5-10H,3-4H2,1-2H3,(H,18,19). The molecule has 1 heterocycles. The average Bonchev–Trinajstić information content (AvgIpc) is 2.48. The molecule has 20 heavy (non-hydrogen) atoms. The zero-order chi connectivity index (χ0) is 14.4. The Hall–Kier alpha value is -2.43. The molecule has 1 N–H and O–H groups in total. The minimum atomic E-state index is -0.280. The number of rotatable bonds is 5. The highest BCUT2D eigenvalue weighted by atomic mass is 16.5. The van der Waals surface area contributed by atoms with Gasteiger partial charge in [-0.1, -0.05) is 19.1 Å². The van der Waals surface area contributed by atoms with Gasteiger partial charge in [-0.3, -0.25) is 4.79 Å². The third-order valence-electron chi connectivity index (χ3n) is 2.79. The van der Waals surface area contributed by atoms with Crippen LogP contribution in [0, 0.1) is 0 Å². The van der Waals surface area contributed by atoms with Gasteiger partial charge in [0.2, 0.25) is 5.88 Å². The van der Waals surface area contributed by atoms with Gasteiger partial charge >= 0.3 is 0 Å². The van der Waals surface area contributed by atoms with Crippen molar-refractivity contribution in [3.63, 3.8) is 0 Å². The highest BCUT2D eigenvalue weighted by Gasteiger charge is 2.09. The Morgan fingerprint density at radius 3 is 2.60 bits per heavy atom. The lowest BCUT2D eigenvalue weighted by molar-refractivity contribution is 0.102. The molecule has 0 unspecified atom stereocenters. The number of amides is 1. The fraction of sp³-hybridized carbons (Fsp3) is 0.267. The summed E-state index contributed by atoms with van der Waals surface area (Å²) in [6.45, 7) is 4.44. The van der Waals surface area contributed by atoms with Crippen molar-refractivity contribution < 1.29 is 9.53 Å². The Labute approximate surface area is 118 Å². The molecule has 1 aromatic carbocycles. The molecule has 0 spiro atoms. The Balaban J connectivity index is 2.08. The number of nitrogens with zero attached hydrogens (tertiary/aromatic N) is 2. The van der Waals surface area contributed by atoms with Crippen molar-refractivity contribution in [2.24, 2.45) is 0 Å². The summed E-state index contributed by atoms with van der Waals surface area (Å²) in [4.78, 5) is 19.9. The van der Waals surface area contributed by atoms with Crippen LogP contribution in [-0.2, 0) is 6.42 Å². The molecule has 0 aliphatic rings. The summed E-state index contributed by atoms with van der Waals surface area (Å²) in [6.07, 6.45) is 2.29. The second kappa shape index (κ2) is 6.65. The van der Waals surface area contributed by atoms with Crippen LogP contribution < -0.4 is 10.1 Å². The SMILES string of the molecule is CCOc1cc(C(=O)Nc2ccc(CC)cc2)ncn1. The fourth-order valence-corrected chi connectivity index (χ4v) is 1.71. The minimum absolute atomic E-state index is 0.280. The summed E-state index contributed by atoms with van der Waals surface area (Å²) >= 11 is 0. The van der Waals surface area contributed by atoms with E-state index in [0.717, 1.165) is 12.1 Å². The van der Waals surface area contributed by atoms with E-state index in [9.17, 15) is 4.79 Å². The summed E-state index contributed by atoms with van der Waals surface area (Å²) < 4.78 is 5.25. The van der Waals surface area contributed by atoms with E-state index in [1.54, 1.807) is 0 Å². The van der Waals surface area contributed by atoms with Gasteiger partial charge in [0, 0.05) is 11.8 Å². The van der Waals surface area contributed by atoms with E-state index in [4.69, 9.17) is 4.74 Å². The number of hydrogen-bond donors (Lipinski definition) is 1. The number of carbonyl (C=O) groups excluding carboxylic acids is 1. The number of aryl methyl sites for hydroxylation is 1. The highest BCUT2D eigenvalue weighted by Crippen LogP contribution is 2.12. The summed E-state index contributed by atoms with van der Waals surface area (Å²) in [6, 6.07) is 9.25. The number of hydrogen-bond acceptors (Lipinski definition) is 4. The van der Waals surface area contributed by atoms with Crippen LogP contribution in [0.15, 0.2) is 36.7 Å². The van der Waals surface area contributed by atoms with Crippen LogP contribution in [0.25, 0.3) is 0 Å². The van der Waals surface area contributed by atoms with Crippen LogP contribution in [0.5, 0.6) is 5.88 Å². The maximum Gasteiger partial charge on any atom is 0.274 e. The zero-order valence-electron chi connectivity index (χ0n) is 11.6. The number of anilines is 1. The number of ether oxygens (including phenoxy) is 1. The Morgan fingerprint density at radius 2 is 1.95 bits per heavy atom. The van der Waals surface area contributed by atoms with Crippen molar-refractivity contribution in [2.45, 2.75) is 20.3 Å². The molecule has 0 aliphatic carbocycles. The van der Waals surface area contributed by atoms with Gasteiger partial charge in [-0.25, -0.2) is 9.97 Å². The summed E-state index contributed by atoms with van der Waals surface area (Å²) in [7, 11) is 0. The van der Waals surface area contributed by atoms with Crippen molar-refractivity contribution in [2.75, 3.05) is 11.9 Å². The molecule has 2 aromatic rings. The van der Waals surface area contributed by atoms with Gasteiger partial charge in [0.05, 0.1) is 6.61 Å². The topological polar surface area (TPSA) is 64.1 Å². The second-order valence-corrected chi connectivity index (χ2v) is 4.18. The number of benzene rings is 1. The molecule has 1 aromatic heterocycles. The van der Waals surface area contributed by atoms with Gasteiger partial charge < -0.3 is 10.1 Å². The number of carbonyl (C=O) groups is 1. The maximum atomic E-state index is 12.1. The first-order valence-corrected chi connectivity index (χ1v) is 6.58. The molecule has 0 fully saturated rings. The van der Waals surface area contributed by atoms with Gasteiger partial charge in [-0.2, -0.15) is 0 Å². The van der Waals surface area contributed by atoms with Crippen LogP contribution in [-0.4, -0.2) is 22.5 Å². The predicted molar refractivity (Wildman–Crippen MR) is 77.0 cm³/mol. The molecule has 0 bridgehead atoms. The van der Waals surface area contributed by atoms with Gasteiger partial charge in [-0.15, -0.1) is 0 Å². The quantitative estimate of drug-likeness (QED) is 0.908. The van der Waals surface area contributed by atoms with E-state index >= 15 is 0 Å². The summed E-state index contributed by atoms with van der Waals surface area (Å²) in [5.74, 6) is 0.117. The molecule has 0 saturated carbocycles. The predicted octanol–water partition coefficient (Wildman–Crippen LogP) is 2.69. The molecule has 5 nitrogen and oxygen atoms in total. The highest BCUT2D eigenvalue weighted by molar-refractivity contribution is 6.02. The summed E-state index contributed by atoms with van der Waals surface area (Å²) in [5, 5.41) is 2.79. The van der Waals surface area contributed by atoms with E-state index in [1.807, 2.05) is 31.2 Å². The minimum Gasteiger partial charge on any atom is -0.478 e. The third kappa shape index (κ3) is 3.54. The molecule has 1 amide bonds. The van der Waals surface area contributed by atoms with Crippen molar-refractivity contribution in [3.05, 3.63) is 47.9 Å². The van der Waals surface area contributed by atoms with E-state index in [-0.39, 0.29) is 11.6 Å². The maximum absolute atomic E-state index is 12.1. The lowest BCUT2D eigenvalue weighted by Crippen LogP contribution is -2.14. The van der Waals surface area contributed by atoms with E-state index in [1.165, 1.54) is 18.0 Å².